The normalized spacial score (nSPS) is 12.4. The van der Waals surface area contributed by atoms with Crippen molar-refractivity contribution in [1.82, 2.24) is 0 Å². The highest BCUT2D eigenvalue weighted by Gasteiger charge is 2.02. The molecule has 0 heterocycles. The topological polar surface area (TPSA) is 86.6 Å². The first kappa shape index (κ1) is 22.5. The van der Waals surface area contributed by atoms with Gasteiger partial charge in [0, 0.05) is 0 Å². The first-order valence-corrected chi connectivity index (χ1v) is 8.09. The van der Waals surface area contributed by atoms with Crippen molar-refractivity contribution >= 4 is 0 Å². The molecular formula is C16H32O7. The summed E-state index contributed by atoms with van der Waals surface area (Å²) in [5.41, 5.74) is 0. The molecule has 0 bridgehead atoms. The van der Waals surface area contributed by atoms with E-state index < -0.39 is 6.10 Å². The number of allylic oxidation sites excluding steroid dienone is 1. The summed E-state index contributed by atoms with van der Waals surface area (Å²) in [5.74, 6) is 0. The number of rotatable bonds is 19. The third-order valence-corrected chi connectivity index (χ3v) is 2.74. The molecule has 0 radical (unpaired) electrons. The maximum absolute atomic E-state index is 9.52. The second-order valence-corrected chi connectivity index (χ2v) is 4.77. The van der Waals surface area contributed by atoms with Gasteiger partial charge in [0.1, 0.15) is 0 Å². The van der Waals surface area contributed by atoms with Crippen molar-refractivity contribution in [2.75, 3.05) is 72.7 Å². The van der Waals surface area contributed by atoms with E-state index >= 15 is 0 Å². The van der Waals surface area contributed by atoms with Gasteiger partial charge in [-0.2, -0.15) is 0 Å². The molecule has 0 saturated heterocycles. The quantitative estimate of drug-likeness (QED) is 0.261. The Bertz CT molecular complexity index is 238. The van der Waals surface area contributed by atoms with Crippen molar-refractivity contribution < 1.29 is 33.9 Å². The average molecular weight is 336 g/mol. The zero-order valence-electron chi connectivity index (χ0n) is 14.0. The molecule has 1 unspecified atom stereocenters. The maximum atomic E-state index is 9.52. The lowest BCUT2D eigenvalue weighted by Crippen LogP contribution is -2.18. The fraction of sp³-hybridized carbons (Fsp3) is 0.875. The molecule has 0 aromatic carbocycles. The highest BCUT2D eigenvalue weighted by atomic mass is 16.6. The molecule has 0 spiro atoms. The predicted octanol–water partition coefficient (Wildman–Crippen LogP) is 0.389. The van der Waals surface area contributed by atoms with Gasteiger partial charge in [-0.25, -0.2) is 0 Å². The molecule has 7 nitrogen and oxygen atoms in total. The summed E-state index contributed by atoms with van der Waals surface area (Å²) < 4.78 is 26.3. The zero-order valence-corrected chi connectivity index (χ0v) is 14.0. The van der Waals surface area contributed by atoms with Crippen LogP contribution in [0.5, 0.6) is 0 Å². The molecular weight excluding hydrogens is 304 g/mol. The average Bonchev–Trinajstić information content (AvgIpc) is 2.56. The van der Waals surface area contributed by atoms with E-state index in [2.05, 4.69) is 6.58 Å². The minimum atomic E-state index is -0.439. The van der Waals surface area contributed by atoms with Crippen LogP contribution in [0.2, 0.25) is 0 Å². The van der Waals surface area contributed by atoms with Crippen LogP contribution >= 0.6 is 0 Å². The van der Waals surface area contributed by atoms with Crippen molar-refractivity contribution in [3.63, 3.8) is 0 Å². The van der Waals surface area contributed by atoms with Gasteiger partial charge in [0.15, 0.2) is 0 Å². The van der Waals surface area contributed by atoms with Crippen molar-refractivity contribution in [2.24, 2.45) is 0 Å². The summed E-state index contributed by atoms with van der Waals surface area (Å²) in [4.78, 5) is 0. The number of ether oxygens (including phenoxy) is 5. The molecule has 0 aromatic rings. The van der Waals surface area contributed by atoms with E-state index in [1.165, 1.54) is 0 Å². The third-order valence-electron chi connectivity index (χ3n) is 2.74. The second-order valence-electron chi connectivity index (χ2n) is 4.77. The van der Waals surface area contributed by atoms with Gasteiger partial charge in [-0.15, -0.1) is 6.58 Å². The molecule has 0 fully saturated rings. The van der Waals surface area contributed by atoms with Gasteiger partial charge in [0.05, 0.1) is 78.8 Å². The van der Waals surface area contributed by atoms with Crippen molar-refractivity contribution in [3.8, 4) is 0 Å². The Morgan fingerprint density at radius 3 is 1.61 bits per heavy atom. The van der Waals surface area contributed by atoms with Crippen LogP contribution in [0.15, 0.2) is 12.7 Å². The molecule has 0 rings (SSSR count). The van der Waals surface area contributed by atoms with E-state index in [-0.39, 0.29) is 6.61 Å². The summed E-state index contributed by atoms with van der Waals surface area (Å²) in [6.45, 7) is 8.25. The number of hydrogen-bond donors (Lipinski definition) is 2. The van der Waals surface area contributed by atoms with Gasteiger partial charge in [0.25, 0.3) is 0 Å². The second kappa shape index (κ2) is 19.5. The summed E-state index contributed by atoms with van der Waals surface area (Å²) in [5, 5.41) is 18.0. The van der Waals surface area contributed by atoms with Gasteiger partial charge in [-0.3, -0.25) is 0 Å². The molecule has 138 valence electrons. The van der Waals surface area contributed by atoms with Crippen LogP contribution in [0.1, 0.15) is 12.8 Å². The van der Waals surface area contributed by atoms with Gasteiger partial charge in [-0.1, -0.05) is 6.08 Å². The monoisotopic (exact) mass is 336 g/mol. The van der Waals surface area contributed by atoms with Crippen LogP contribution < -0.4 is 0 Å². The minimum Gasteiger partial charge on any atom is -0.394 e. The van der Waals surface area contributed by atoms with E-state index in [1.807, 2.05) is 0 Å². The number of aliphatic hydroxyl groups excluding tert-OH is 2. The molecule has 7 heteroatoms. The van der Waals surface area contributed by atoms with Crippen molar-refractivity contribution in [2.45, 2.75) is 18.9 Å². The summed E-state index contributed by atoms with van der Waals surface area (Å²) in [6, 6.07) is 0. The van der Waals surface area contributed by atoms with E-state index in [9.17, 15) is 5.11 Å². The van der Waals surface area contributed by atoms with Crippen LogP contribution in [0.3, 0.4) is 0 Å². The summed E-state index contributed by atoms with van der Waals surface area (Å²) in [7, 11) is 0. The van der Waals surface area contributed by atoms with Gasteiger partial charge >= 0.3 is 0 Å². The number of aliphatic hydroxyl groups is 2. The van der Waals surface area contributed by atoms with Crippen molar-refractivity contribution in [1.29, 1.82) is 0 Å². The standard InChI is InChI=1S/C16H32O7/c1-2-3-4-16(18)15-23-14-13-22-12-11-21-10-9-20-8-7-19-6-5-17/h2,16-18H,1,3-15H2. The van der Waals surface area contributed by atoms with Crippen LogP contribution in [0.25, 0.3) is 0 Å². The highest BCUT2D eigenvalue weighted by Crippen LogP contribution is 1.97. The minimum absolute atomic E-state index is 0.0318. The lowest BCUT2D eigenvalue weighted by Gasteiger charge is -2.10. The first-order chi connectivity index (χ1) is 11.3. The molecule has 23 heavy (non-hydrogen) atoms. The summed E-state index contributed by atoms with van der Waals surface area (Å²) in [6.07, 6.45) is 2.80. The molecule has 0 amide bonds. The first-order valence-electron chi connectivity index (χ1n) is 8.09. The maximum Gasteiger partial charge on any atom is 0.0776 e. The van der Waals surface area contributed by atoms with Gasteiger partial charge in [-0.05, 0) is 12.8 Å². The van der Waals surface area contributed by atoms with Crippen LogP contribution in [0, 0.1) is 0 Å². The summed E-state index contributed by atoms with van der Waals surface area (Å²) >= 11 is 0. The largest absolute Gasteiger partial charge is 0.394 e. The van der Waals surface area contributed by atoms with Crippen LogP contribution in [0.4, 0.5) is 0 Å². The number of hydrogen-bond acceptors (Lipinski definition) is 7. The predicted molar refractivity (Wildman–Crippen MR) is 86.6 cm³/mol. The fourth-order valence-electron chi connectivity index (χ4n) is 1.56. The Kier molecular flexibility index (Phi) is 19.0. The Hall–Kier alpha value is -0.540. The molecule has 0 saturated carbocycles. The molecule has 2 N–H and O–H groups in total. The van der Waals surface area contributed by atoms with E-state index in [4.69, 9.17) is 28.8 Å². The Balaban J connectivity index is 3.03. The van der Waals surface area contributed by atoms with Gasteiger partial charge < -0.3 is 33.9 Å². The van der Waals surface area contributed by atoms with Crippen LogP contribution in [-0.2, 0) is 23.7 Å². The Morgan fingerprint density at radius 1 is 0.739 bits per heavy atom. The van der Waals surface area contributed by atoms with Crippen LogP contribution in [-0.4, -0.2) is 89.0 Å². The third kappa shape index (κ3) is 19.4. The van der Waals surface area contributed by atoms with E-state index in [0.717, 1.165) is 6.42 Å². The SMILES string of the molecule is C=CCCC(O)COCCOCCOCCOCCOCCO. The fourth-order valence-corrected chi connectivity index (χ4v) is 1.56. The molecule has 1 atom stereocenters. The Labute approximate surface area is 139 Å². The highest BCUT2D eigenvalue weighted by molar-refractivity contribution is 4.68. The van der Waals surface area contributed by atoms with E-state index in [0.29, 0.717) is 72.5 Å². The Morgan fingerprint density at radius 2 is 1.17 bits per heavy atom. The lowest BCUT2D eigenvalue weighted by atomic mass is 10.2. The van der Waals surface area contributed by atoms with Gasteiger partial charge in [0.2, 0.25) is 0 Å². The lowest BCUT2D eigenvalue weighted by molar-refractivity contribution is -0.0226. The molecule has 0 aliphatic heterocycles. The molecule has 0 aliphatic carbocycles. The molecule has 0 aliphatic rings. The van der Waals surface area contributed by atoms with E-state index in [1.54, 1.807) is 6.08 Å². The molecule has 0 aromatic heterocycles. The van der Waals surface area contributed by atoms with Crippen molar-refractivity contribution in [3.05, 3.63) is 12.7 Å². The zero-order chi connectivity index (χ0) is 17.0. The smallest absolute Gasteiger partial charge is 0.0776 e.